The number of aromatic nitrogens is 1. The first kappa shape index (κ1) is 12.7. The van der Waals surface area contributed by atoms with Crippen molar-refractivity contribution in [2.45, 2.75) is 32.8 Å². The molecule has 0 spiro atoms. The number of ether oxygens (including phenoxy) is 1. The van der Waals surface area contributed by atoms with Gasteiger partial charge in [0, 0.05) is 6.42 Å². The van der Waals surface area contributed by atoms with Crippen molar-refractivity contribution in [1.29, 1.82) is 0 Å². The summed E-state index contributed by atoms with van der Waals surface area (Å²) in [5, 5.41) is 0.961. The first-order valence-electron chi connectivity index (χ1n) is 4.40. The lowest BCUT2D eigenvalue weighted by Crippen LogP contribution is -2.33. The Labute approximate surface area is 106 Å². The summed E-state index contributed by atoms with van der Waals surface area (Å²) in [7, 11) is 0. The number of hydrogen-bond donors (Lipinski definition) is 1. The maximum absolute atomic E-state index is 10.7. The summed E-state index contributed by atoms with van der Waals surface area (Å²) < 4.78 is 6.16. The number of rotatable bonds is 3. The normalized spacial score (nSPS) is 11.5. The quantitative estimate of drug-likeness (QED) is 0.860. The first-order valence-corrected chi connectivity index (χ1v) is 6.30. The summed E-state index contributed by atoms with van der Waals surface area (Å²) in [4.78, 5) is 15.0. The van der Waals surface area contributed by atoms with Gasteiger partial charge in [-0.3, -0.25) is 0 Å². The third kappa shape index (κ3) is 3.94. The van der Waals surface area contributed by atoms with Crippen LogP contribution in [0.25, 0.3) is 0 Å². The molecule has 4 nitrogen and oxygen atoms in total. The van der Waals surface area contributed by atoms with Gasteiger partial charge in [0.1, 0.15) is 5.60 Å². The molecule has 0 saturated carbocycles. The second-order valence-corrected chi connectivity index (χ2v) is 6.72. The van der Waals surface area contributed by atoms with E-state index in [-0.39, 0.29) is 0 Å². The van der Waals surface area contributed by atoms with Gasteiger partial charge in [-0.15, -0.1) is 11.3 Å². The zero-order valence-corrected chi connectivity index (χ0v) is 11.8. The van der Waals surface area contributed by atoms with E-state index < -0.39 is 11.7 Å². The minimum atomic E-state index is -0.747. The van der Waals surface area contributed by atoms with Crippen LogP contribution >= 0.6 is 33.9 Å². The Hall–Kier alpha value is -0.370. The number of primary amides is 1. The molecule has 1 amide bonds. The van der Waals surface area contributed by atoms with Gasteiger partial charge in [0.05, 0.1) is 13.6 Å². The molecule has 1 aromatic heterocycles. The highest BCUT2D eigenvalue weighted by Crippen LogP contribution is 2.24. The van der Waals surface area contributed by atoms with Crippen LogP contribution in [0.15, 0.2) is 0 Å². The number of hydrogen-bond acceptors (Lipinski definition) is 4. The van der Waals surface area contributed by atoms with Gasteiger partial charge in [0.2, 0.25) is 0 Å². The molecule has 0 radical (unpaired) electrons. The van der Waals surface area contributed by atoms with Gasteiger partial charge in [0.25, 0.3) is 0 Å². The molecule has 1 aromatic rings. The molecule has 1 rings (SSSR count). The summed E-state index contributed by atoms with van der Waals surface area (Å²) in [6, 6.07) is 0. The fourth-order valence-corrected chi connectivity index (χ4v) is 3.07. The van der Waals surface area contributed by atoms with Crippen LogP contribution in [0.1, 0.15) is 24.5 Å². The Morgan fingerprint density at radius 2 is 2.27 bits per heavy atom. The molecule has 0 aliphatic carbocycles. The fourth-order valence-electron chi connectivity index (χ4n) is 1.18. The number of nitrogens with two attached hydrogens (primary N) is 1. The van der Waals surface area contributed by atoms with E-state index >= 15 is 0 Å². The van der Waals surface area contributed by atoms with Gasteiger partial charge >= 0.3 is 6.09 Å². The zero-order valence-electron chi connectivity index (χ0n) is 8.83. The van der Waals surface area contributed by atoms with Crippen LogP contribution < -0.4 is 5.73 Å². The highest BCUT2D eigenvalue weighted by atomic mass is 127. The smallest absolute Gasteiger partial charge is 0.405 e. The van der Waals surface area contributed by atoms with Crippen molar-refractivity contribution < 1.29 is 9.53 Å². The monoisotopic (exact) mass is 340 g/mol. The maximum atomic E-state index is 10.7. The third-order valence-corrected chi connectivity index (χ3v) is 4.13. The summed E-state index contributed by atoms with van der Waals surface area (Å²) in [6.45, 7) is 5.60. The Kier molecular flexibility index (Phi) is 3.93. The van der Waals surface area contributed by atoms with E-state index in [0.717, 1.165) is 13.6 Å². The van der Waals surface area contributed by atoms with Crippen LogP contribution in [0.4, 0.5) is 4.79 Å². The molecule has 15 heavy (non-hydrogen) atoms. The molecule has 0 atom stereocenters. The predicted octanol–water partition coefficient (Wildman–Crippen LogP) is 2.47. The fraction of sp³-hybridized carbons (Fsp3) is 0.556. The summed E-state index contributed by atoms with van der Waals surface area (Å²) in [5.41, 5.74) is 5.41. The van der Waals surface area contributed by atoms with Gasteiger partial charge < -0.3 is 10.5 Å². The molecule has 2 N–H and O–H groups in total. The molecule has 0 unspecified atom stereocenters. The maximum Gasteiger partial charge on any atom is 0.405 e. The van der Waals surface area contributed by atoms with Crippen LogP contribution in [-0.2, 0) is 11.2 Å². The van der Waals surface area contributed by atoms with Crippen molar-refractivity contribution in [2.24, 2.45) is 5.73 Å². The van der Waals surface area contributed by atoms with E-state index in [9.17, 15) is 4.79 Å². The van der Waals surface area contributed by atoms with Gasteiger partial charge in [-0.2, -0.15) is 0 Å². The molecular weight excluding hydrogens is 327 g/mol. The van der Waals surface area contributed by atoms with Crippen LogP contribution in [0.2, 0.25) is 0 Å². The Morgan fingerprint density at radius 3 is 2.67 bits per heavy atom. The van der Waals surface area contributed by atoms with Gasteiger partial charge in [-0.25, -0.2) is 9.78 Å². The van der Waals surface area contributed by atoms with E-state index in [1.165, 1.54) is 0 Å². The Morgan fingerprint density at radius 1 is 1.67 bits per heavy atom. The lowest BCUT2D eigenvalue weighted by Gasteiger charge is -2.22. The van der Waals surface area contributed by atoms with Crippen molar-refractivity contribution >= 4 is 40.0 Å². The number of aryl methyl sites for hydroxylation is 1. The highest BCUT2D eigenvalue weighted by Gasteiger charge is 2.24. The summed E-state index contributed by atoms with van der Waals surface area (Å²) >= 11 is 3.86. The standard InChI is InChI=1S/C9H13IN2O2S/c1-5-7(10)15-6(12-5)4-9(2,3)14-8(11)13/h4H2,1-3H3,(H2,11,13). The van der Waals surface area contributed by atoms with E-state index in [4.69, 9.17) is 10.5 Å². The molecule has 0 aliphatic heterocycles. The number of carbonyl (C=O) groups excluding carboxylic acids is 1. The first-order chi connectivity index (χ1) is 6.80. The second kappa shape index (κ2) is 4.65. The topological polar surface area (TPSA) is 65.2 Å². The van der Waals surface area contributed by atoms with Gasteiger partial charge in [0.15, 0.2) is 0 Å². The van der Waals surface area contributed by atoms with E-state index in [1.807, 2.05) is 20.8 Å². The predicted molar refractivity (Wildman–Crippen MR) is 68.0 cm³/mol. The summed E-state index contributed by atoms with van der Waals surface area (Å²) in [6.07, 6.45) is -0.159. The average Bonchev–Trinajstić information content (AvgIpc) is 2.25. The number of carbonyl (C=O) groups is 1. The largest absolute Gasteiger partial charge is 0.443 e. The molecule has 0 fully saturated rings. The van der Waals surface area contributed by atoms with Crippen molar-refractivity contribution in [3.8, 4) is 0 Å². The van der Waals surface area contributed by atoms with E-state index in [1.54, 1.807) is 11.3 Å². The highest BCUT2D eigenvalue weighted by molar-refractivity contribution is 14.1. The number of nitrogens with zero attached hydrogens (tertiary/aromatic N) is 1. The molecule has 0 aromatic carbocycles. The minimum Gasteiger partial charge on any atom is -0.443 e. The lowest BCUT2D eigenvalue weighted by molar-refractivity contribution is 0.0460. The van der Waals surface area contributed by atoms with Crippen LogP contribution in [-0.4, -0.2) is 16.7 Å². The van der Waals surface area contributed by atoms with E-state index in [2.05, 4.69) is 27.6 Å². The van der Waals surface area contributed by atoms with Gasteiger partial charge in [-0.05, 0) is 43.4 Å². The molecule has 6 heteroatoms. The van der Waals surface area contributed by atoms with Crippen molar-refractivity contribution in [2.75, 3.05) is 0 Å². The molecule has 0 saturated heterocycles. The van der Waals surface area contributed by atoms with Gasteiger partial charge in [-0.1, -0.05) is 0 Å². The minimum absolute atomic E-state index is 0.588. The van der Waals surface area contributed by atoms with Crippen molar-refractivity contribution in [1.82, 2.24) is 4.98 Å². The summed E-state index contributed by atoms with van der Waals surface area (Å²) in [5.74, 6) is 0. The molecule has 84 valence electrons. The Bertz CT molecular complexity index is 357. The number of thiazole rings is 1. The van der Waals surface area contributed by atoms with Crippen molar-refractivity contribution in [3.05, 3.63) is 13.6 Å². The molecule has 0 bridgehead atoms. The molecular formula is C9H13IN2O2S. The zero-order chi connectivity index (χ0) is 11.6. The van der Waals surface area contributed by atoms with Crippen LogP contribution in [0, 0.1) is 9.81 Å². The molecule has 0 aliphatic rings. The van der Waals surface area contributed by atoms with Crippen molar-refractivity contribution in [3.63, 3.8) is 0 Å². The third-order valence-electron chi connectivity index (χ3n) is 1.74. The average molecular weight is 340 g/mol. The van der Waals surface area contributed by atoms with E-state index in [0.29, 0.717) is 6.42 Å². The SMILES string of the molecule is Cc1nc(CC(C)(C)OC(N)=O)sc1I. The molecule has 1 heterocycles. The van der Waals surface area contributed by atoms with Crippen LogP contribution in [0.3, 0.4) is 0 Å². The van der Waals surface area contributed by atoms with Crippen LogP contribution in [0.5, 0.6) is 0 Å². The lowest BCUT2D eigenvalue weighted by atomic mass is 10.1. The number of amides is 1. The number of halogens is 1. The Balaban J connectivity index is 2.72. The second-order valence-electron chi connectivity index (χ2n) is 3.82.